The van der Waals surface area contributed by atoms with E-state index in [1.54, 1.807) is 13.8 Å². The fourth-order valence-corrected chi connectivity index (χ4v) is 4.34. The van der Waals surface area contributed by atoms with Crippen molar-refractivity contribution in [2.45, 2.75) is 44.3 Å². The van der Waals surface area contributed by atoms with Crippen LogP contribution in [0.15, 0.2) is 36.4 Å². The van der Waals surface area contributed by atoms with Crippen LogP contribution in [0.4, 0.5) is 36.4 Å². The summed E-state index contributed by atoms with van der Waals surface area (Å²) in [7, 11) is 0. The van der Waals surface area contributed by atoms with Crippen LogP contribution in [-0.2, 0) is 5.67 Å². The molecule has 0 saturated heterocycles. The molecule has 2 aromatic rings. The summed E-state index contributed by atoms with van der Waals surface area (Å²) in [6, 6.07) is 5.25. The molecule has 2 rings (SSSR count). The first-order valence-corrected chi connectivity index (χ1v) is 12.0. The van der Waals surface area contributed by atoms with Gasteiger partial charge in [-0.1, -0.05) is 23.7 Å². The van der Waals surface area contributed by atoms with Gasteiger partial charge in [-0.05, 0) is 56.9 Å². The number of thioether (sulfide) groups is 1. The molecule has 0 fully saturated rings. The molecular formula is C23H22ClF7N2O2S. The van der Waals surface area contributed by atoms with Crippen molar-refractivity contribution in [3.8, 4) is 0 Å². The van der Waals surface area contributed by atoms with E-state index in [0.717, 1.165) is 13.0 Å². The Labute approximate surface area is 212 Å². The van der Waals surface area contributed by atoms with Gasteiger partial charge >= 0.3 is 18.0 Å². The highest BCUT2D eigenvalue weighted by Crippen LogP contribution is 2.53. The first kappa shape index (κ1) is 29.8. The standard InChI is InChI=1S/C23H22ClF7N2O2S/c1-12-9-13(21(25,22(26,27)28)23(29,30)31)5-8-17(12)32-18(34)16-10-14(24)6-7-15(16)19(35)33-20(2,3)11-36-4/h5-10H,11H2,1-4H3,(H,32,34)(H,33,35). The topological polar surface area (TPSA) is 58.2 Å². The normalized spacial score (nSPS) is 12.9. The van der Waals surface area contributed by atoms with Crippen molar-refractivity contribution in [2.24, 2.45) is 0 Å². The summed E-state index contributed by atoms with van der Waals surface area (Å²) in [5.41, 5.74) is -8.63. The van der Waals surface area contributed by atoms with Crippen LogP contribution in [0.1, 0.15) is 45.7 Å². The Morgan fingerprint density at radius 2 is 1.47 bits per heavy atom. The van der Waals surface area contributed by atoms with Crippen LogP contribution in [0.3, 0.4) is 0 Å². The monoisotopic (exact) mass is 558 g/mol. The third-order valence-corrected chi connectivity index (χ3v) is 6.33. The lowest BCUT2D eigenvalue weighted by Gasteiger charge is -2.30. The molecule has 0 aliphatic carbocycles. The highest BCUT2D eigenvalue weighted by Gasteiger charge is 2.73. The number of anilines is 1. The number of hydrogen-bond donors (Lipinski definition) is 2. The van der Waals surface area contributed by atoms with Crippen molar-refractivity contribution < 1.29 is 40.3 Å². The van der Waals surface area contributed by atoms with E-state index in [2.05, 4.69) is 10.6 Å². The molecule has 0 aliphatic heterocycles. The predicted molar refractivity (Wildman–Crippen MR) is 125 cm³/mol. The van der Waals surface area contributed by atoms with Crippen LogP contribution in [0.25, 0.3) is 0 Å². The van der Waals surface area contributed by atoms with E-state index in [1.807, 2.05) is 6.26 Å². The van der Waals surface area contributed by atoms with Crippen LogP contribution in [0.5, 0.6) is 0 Å². The summed E-state index contributed by atoms with van der Waals surface area (Å²) >= 11 is 7.45. The van der Waals surface area contributed by atoms with Gasteiger partial charge in [-0.25, -0.2) is 4.39 Å². The minimum absolute atomic E-state index is 0.0581. The Morgan fingerprint density at radius 3 is 1.97 bits per heavy atom. The molecule has 4 nitrogen and oxygen atoms in total. The summed E-state index contributed by atoms with van der Waals surface area (Å²) in [5.74, 6) is -0.939. The summed E-state index contributed by atoms with van der Waals surface area (Å²) in [5, 5.41) is 5.21. The number of carbonyl (C=O) groups is 2. The maximum absolute atomic E-state index is 14.4. The third kappa shape index (κ3) is 6.26. The molecule has 0 radical (unpaired) electrons. The van der Waals surface area contributed by atoms with Crippen molar-refractivity contribution in [1.82, 2.24) is 5.32 Å². The van der Waals surface area contributed by atoms with E-state index in [-0.39, 0.29) is 27.4 Å². The summed E-state index contributed by atoms with van der Waals surface area (Å²) < 4.78 is 92.7. The first-order valence-electron chi connectivity index (χ1n) is 10.2. The molecule has 0 bridgehead atoms. The summed E-state index contributed by atoms with van der Waals surface area (Å²) in [4.78, 5) is 25.8. The van der Waals surface area contributed by atoms with Gasteiger partial charge in [-0.15, -0.1) is 0 Å². The molecule has 0 heterocycles. The maximum atomic E-state index is 14.4. The highest BCUT2D eigenvalue weighted by molar-refractivity contribution is 7.98. The van der Waals surface area contributed by atoms with E-state index in [4.69, 9.17) is 11.6 Å². The molecule has 0 saturated carbocycles. The lowest BCUT2D eigenvalue weighted by molar-refractivity contribution is -0.348. The Kier molecular flexibility index (Phi) is 8.67. The molecule has 2 aromatic carbocycles. The highest BCUT2D eigenvalue weighted by atomic mass is 35.5. The zero-order chi connectivity index (χ0) is 27.7. The van der Waals surface area contributed by atoms with Crippen molar-refractivity contribution in [2.75, 3.05) is 17.3 Å². The second-order valence-corrected chi connectivity index (χ2v) is 9.90. The van der Waals surface area contributed by atoms with E-state index in [0.29, 0.717) is 17.9 Å². The number of aryl methyl sites for hydroxylation is 1. The average Bonchev–Trinajstić information content (AvgIpc) is 2.72. The third-order valence-electron chi connectivity index (χ3n) is 5.08. The summed E-state index contributed by atoms with van der Waals surface area (Å²) in [6.45, 7) is 4.65. The van der Waals surface area contributed by atoms with Crippen molar-refractivity contribution >= 4 is 40.9 Å². The zero-order valence-corrected chi connectivity index (χ0v) is 21.0. The maximum Gasteiger partial charge on any atom is 0.435 e. The average molecular weight is 559 g/mol. The van der Waals surface area contributed by atoms with Gasteiger partial charge in [0.1, 0.15) is 0 Å². The van der Waals surface area contributed by atoms with Crippen LogP contribution < -0.4 is 10.6 Å². The molecule has 198 valence electrons. The molecule has 36 heavy (non-hydrogen) atoms. The van der Waals surface area contributed by atoms with Crippen LogP contribution in [0.2, 0.25) is 5.02 Å². The number of halogens is 8. The Hall–Kier alpha value is -2.47. The molecule has 0 atom stereocenters. The van der Waals surface area contributed by atoms with Crippen LogP contribution >= 0.6 is 23.4 Å². The number of rotatable bonds is 7. The van der Waals surface area contributed by atoms with Crippen LogP contribution in [0, 0.1) is 6.92 Å². The van der Waals surface area contributed by atoms with E-state index in [9.17, 15) is 40.3 Å². The van der Waals surface area contributed by atoms with Gasteiger partial charge in [0.25, 0.3) is 11.8 Å². The van der Waals surface area contributed by atoms with Gasteiger partial charge in [0.2, 0.25) is 0 Å². The van der Waals surface area contributed by atoms with Gasteiger partial charge in [0.05, 0.1) is 11.1 Å². The van der Waals surface area contributed by atoms with Gasteiger partial charge in [0.15, 0.2) is 0 Å². The summed E-state index contributed by atoms with van der Waals surface area (Å²) in [6.07, 6.45) is -10.7. The fourth-order valence-electron chi connectivity index (χ4n) is 3.37. The quantitative estimate of drug-likeness (QED) is 0.358. The minimum Gasteiger partial charge on any atom is -0.346 e. The van der Waals surface area contributed by atoms with Crippen molar-refractivity contribution in [3.63, 3.8) is 0 Å². The van der Waals surface area contributed by atoms with E-state index < -0.39 is 40.9 Å². The van der Waals surface area contributed by atoms with Gasteiger partial charge < -0.3 is 10.6 Å². The Morgan fingerprint density at radius 1 is 0.889 bits per heavy atom. The lowest BCUT2D eigenvalue weighted by atomic mass is 9.92. The van der Waals surface area contributed by atoms with Gasteiger partial charge in [-0.3, -0.25) is 9.59 Å². The second kappa shape index (κ2) is 10.5. The number of hydrogen-bond acceptors (Lipinski definition) is 3. The van der Waals surface area contributed by atoms with Gasteiger partial charge in [-0.2, -0.15) is 38.1 Å². The number of alkyl halides is 7. The number of carbonyl (C=O) groups excluding carboxylic acids is 2. The number of nitrogens with one attached hydrogen (secondary N) is 2. The minimum atomic E-state index is -6.27. The molecule has 0 unspecified atom stereocenters. The first-order chi connectivity index (χ1) is 16.3. The molecule has 2 N–H and O–H groups in total. The van der Waals surface area contributed by atoms with Crippen molar-refractivity contribution in [3.05, 3.63) is 63.7 Å². The molecule has 13 heteroatoms. The van der Waals surface area contributed by atoms with Crippen molar-refractivity contribution in [1.29, 1.82) is 0 Å². The molecule has 0 aromatic heterocycles. The largest absolute Gasteiger partial charge is 0.435 e. The molecule has 2 amide bonds. The van der Waals surface area contributed by atoms with E-state index >= 15 is 0 Å². The fraction of sp³-hybridized carbons (Fsp3) is 0.391. The number of benzene rings is 2. The molecule has 0 spiro atoms. The van der Waals surface area contributed by atoms with Crippen LogP contribution in [-0.4, -0.2) is 41.7 Å². The second-order valence-electron chi connectivity index (χ2n) is 8.60. The Balaban J connectivity index is 2.42. The predicted octanol–water partition coefficient (Wildman–Crippen LogP) is 7.06. The lowest BCUT2D eigenvalue weighted by Crippen LogP contribution is -2.50. The molecular weight excluding hydrogens is 537 g/mol. The van der Waals surface area contributed by atoms with E-state index in [1.165, 1.54) is 30.0 Å². The smallest absolute Gasteiger partial charge is 0.346 e. The number of amides is 2. The Bertz CT molecular complexity index is 1140. The van der Waals surface area contributed by atoms with Gasteiger partial charge in [0, 0.05) is 27.6 Å². The molecule has 0 aliphatic rings. The zero-order valence-electron chi connectivity index (χ0n) is 19.4. The SMILES string of the molecule is CSCC(C)(C)NC(=O)c1ccc(Cl)cc1C(=O)Nc1ccc(C(F)(C(F)(F)F)C(F)(F)F)cc1C.